The molecule has 41 heavy (non-hydrogen) atoms. The van der Waals surface area contributed by atoms with Crippen LogP contribution < -0.4 is 10.1 Å². The number of carboxylic acids is 1. The smallest absolute Gasteiger partial charge is 0.326 e. The van der Waals surface area contributed by atoms with Crippen molar-refractivity contribution >= 4 is 11.9 Å². The fourth-order valence-electron chi connectivity index (χ4n) is 7.43. The maximum absolute atomic E-state index is 14.4. The van der Waals surface area contributed by atoms with Gasteiger partial charge in [-0.2, -0.15) is 0 Å². The van der Waals surface area contributed by atoms with Gasteiger partial charge < -0.3 is 24.8 Å². The van der Waals surface area contributed by atoms with Crippen LogP contribution in [-0.4, -0.2) is 53.3 Å². The van der Waals surface area contributed by atoms with Crippen LogP contribution in [0.15, 0.2) is 48.5 Å². The Labute approximate surface area is 244 Å². The number of nitrogens with zero attached hydrogens (tertiary/aromatic N) is 1. The lowest BCUT2D eigenvalue weighted by molar-refractivity contribution is -0.154. The van der Waals surface area contributed by atoms with Gasteiger partial charge in [0.1, 0.15) is 11.8 Å². The third-order valence-corrected chi connectivity index (χ3v) is 9.41. The number of fused-ring (bicyclic) bond motifs is 2. The van der Waals surface area contributed by atoms with Crippen molar-refractivity contribution in [2.45, 2.75) is 103 Å². The quantitative estimate of drug-likeness (QED) is 0.449. The number of hydrogen-bond donors (Lipinski definition) is 2. The maximum atomic E-state index is 14.4. The van der Waals surface area contributed by atoms with Crippen LogP contribution in [0.5, 0.6) is 5.75 Å². The molecule has 2 aromatic rings. The molecule has 5 rings (SSSR count). The highest BCUT2D eigenvalue weighted by molar-refractivity contribution is 5.87. The number of carbonyl (C=O) groups is 2. The van der Waals surface area contributed by atoms with Gasteiger partial charge in [0.25, 0.3) is 0 Å². The number of carbonyl (C=O) groups excluding carboxylic acids is 1. The Morgan fingerprint density at radius 3 is 2.29 bits per heavy atom. The van der Waals surface area contributed by atoms with Crippen molar-refractivity contribution in [1.82, 2.24) is 10.2 Å². The van der Waals surface area contributed by atoms with Gasteiger partial charge in [0.05, 0.1) is 31.3 Å². The minimum absolute atomic E-state index is 0.0325. The lowest BCUT2D eigenvalue weighted by atomic mass is 9.72. The second kappa shape index (κ2) is 11.1. The first kappa shape index (κ1) is 29.6. The number of methoxy groups -OCH3 is 1. The lowest BCUT2D eigenvalue weighted by Gasteiger charge is -2.36. The number of amides is 1. The van der Waals surface area contributed by atoms with E-state index in [-0.39, 0.29) is 41.4 Å². The van der Waals surface area contributed by atoms with Crippen molar-refractivity contribution in [3.05, 3.63) is 65.2 Å². The molecule has 0 aromatic heterocycles. The molecule has 222 valence electrons. The first-order chi connectivity index (χ1) is 19.3. The van der Waals surface area contributed by atoms with Gasteiger partial charge in [0.15, 0.2) is 0 Å². The molecule has 0 radical (unpaired) electrons. The molecule has 2 N–H and O–H groups in total. The van der Waals surface area contributed by atoms with Crippen LogP contribution in [0.4, 0.5) is 0 Å². The molecule has 2 aromatic carbocycles. The molecule has 0 aliphatic carbocycles. The van der Waals surface area contributed by atoms with E-state index in [9.17, 15) is 14.7 Å². The molecule has 0 saturated carbocycles. The minimum Gasteiger partial charge on any atom is -0.496 e. The van der Waals surface area contributed by atoms with Crippen LogP contribution in [0.2, 0.25) is 0 Å². The monoisotopic (exact) mass is 562 g/mol. The summed E-state index contributed by atoms with van der Waals surface area (Å²) in [6.45, 7) is 13.3. The van der Waals surface area contributed by atoms with Crippen LogP contribution in [0.3, 0.4) is 0 Å². The number of hydrogen-bond acceptors (Lipinski definition) is 5. The van der Waals surface area contributed by atoms with E-state index < -0.39 is 23.5 Å². The SMILES string of the molecule is COc1ccc(C(C)(C)C)cc1CN[C@H]1[C@H](C(C)(C)C)[C@@H](C(=O)O)N(C(=O)[C@@H]2C[C@H]3CC[C@@H]2O3)[C@H]1c1ccccc1. The third-order valence-electron chi connectivity index (χ3n) is 9.41. The molecule has 7 atom stereocenters. The molecule has 3 aliphatic rings. The van der Waals surface area contributed by atoms with Gasteiger partial charge in [0, 0.05) is 24.1 Å². The van der Waals surface area contributed by atoms with Crippen molar-refractivity contribution in [3.63, 3.8) is 0 Å². The van der Waals surface area contributed by atoms with Crippen molar-refractivity contribution in [2.24, 2.45) is 17.3 Å². The van der Waals surface area contributed by atoms with E-state index in [2.05, 4.69) is 59.0 Å². The molecule has 3 fully saturated rings. The van der Waals surface area contributed by atoms with E-state index in [4.69, 9.17) is 9.47 Å². The summed E-state index contributed by atoms with van der Waals surface area (Å²) in [5, 5.41) is 14.5. The number of rotatable bonds is 7. The summed E-state index contributed by atoms with van der Waals surface area (Å²) >= 11 is 0. The topological polar surface area (TPSA) is 88.1 Å². The van der Waals surface area contributed by atoms with Crippen molar-refractivity contribution in [1.29, 1.82) is 0 Å². The summed E-state index contributed by atoms with van der Waals surface area (Å²) in [5.74, 6) is -0.909. The van der Waals surface area contributed by atoms with Gasteiger partial charge in [-0.15, -0.1) is 0 Å². The van der Waals surface area contributed by atoms with Crippen molar-refractivity contribution < 1.29 is 24.2 Å². The van der Waals surface area contributed by atoms with Crippen LogP contribution >= 0.6 is 0 Å². The minimum atomic E-state index is -0.966. The Kier molecular flexibility index (Phi) is 7.99. The fraction of sp³-hybridized carbons (Fsp3) is 0.588. The summed E-state index contributed by atoms with van der Waals surface area (Å²) in [6.07, 6.45) is 2.48. The van der Waals surface area contributed by atoms with Gasteiger partial charge in [-0.05, 0) is 47.3 Å². The highest BCUT2D eigenvalue weighted by atomic mass is 16.5. The molecule has 3 heterocycles. The molecule has 7 heteroatoms. The van der Waals surface area contributed by atoms with Crippen molar-refractivity contribution in [3.8, 4) is 5.75 Å². The van der Waals surface area contributed by atoms with Crippen LogP contribution in [-0.2, 0) is 26.3 Å². The Bertz CT molecular complexity index is 1260. The zero-order valence-electron chi connectivity index (χ0n) is 25.5. The van der Waals surface area contributed by atoms with Gasteiger partial charge in [0.2, 0.25) is 5.91 Å². The highest BCUT2D eigenvalue weighted by Crippen LogP contribution is 2.50. The fourth-order valence-corrected chi connectivity index (χ4v) is 7.43. The van der Waals surface area contributed by atoms with Gasteiger partial charge in [-0.25, -0.2) is 4.79 Å². The molecular formula is C34H46N2O5. The second-order valence-electron chi connectivity index (χ2n) is 14.2. The maximum Gasteiger partial charge on any atom is 0.326 e. The number of nitrogens with one attached hydrogen (secondary N) is 1. The van der Waals surface area contributed by atoms with Gasteiger partial charge in [-0.1, -0.05) is 84.0 Å². The van der Waals surface area contributed by atoms with E-state index in [0.29, 0.717) is 13.0 Å². The summed E-state index contributed by atoms with van der Waals surface area (Å²) in [6, 6.07) is 14.5. The van der Waals surface area contributed by atoms with E-state index in [1.165, 1.54) is 5.56 Å². The van der Waals surface area contributed by atoms with Gasteiger partial charge >= 0.3 is 5.97 Å². The highest BCUT2D eigenvalue weighted by Gasteiger charge is 2.60. The number of likely N-dealkylation sites (tertiary alicyclic amines) is 1. The molecule has 0 spiro atoms. The molecule has 1 amide bonds. The Morgan fingerprint density at radius 1 is 1.05 bits per heavy atom. The average molecular weight is 563 g/mol. The first-order valence-electron chi connectivity index (χ1n) is 15.0. The van der Waals surface area contributed by atoms with Gasteiger partial charge in [-0.3, -0.25) is 4.79 Å². The zero-order chi connectivity index (χ0) is 29.7. The number of carboxylic acid groups (broad SMARTS) is 1. The number of benzene rings is 2. The predicted molar refractivity (Wildman–Crippen MR) is 159 cm³/mol. The van der Waals surface area contributed by atoms with E-state index >= 15 is 0 Å². The first-order valence-corrected chi connectivity index (χ1v) is 15.0. The van der Waals surface area contributed by atoms with E-state index in [1.54, 1.807) is 12.0 Å². The Hall–Kier alpha value is -2.90. The zero-order valence-corrected chi connectivity index (χ0v) is 25.5. The number of ether oxygens (including phenoxy) is 2. The standard InChI is InChI=1S/C34H46N2O5/c1-33(2,3)22-13-15-25(40-7)21(17-22)19-35-28-27(34(4,5)6)30(32(38)39)36(29(28)20-11-9-8-10-12-20)31(37)24-18-23-14-16-26(24)41-23/h8-13,15,17,23-24,26-30,35H,14,16,18-19H2,1-7H3,(H,38,39)/t23-,24-,26+,27+,28+,29+,30+/m1/s1. The Morgan fingerprint density at radius 2 is 1.76 bits per heavy atom. The largest absolute Gasteiger partial charge is 0.496 e. The second-order valence-corrected chi connectivity index (χ2v) is 14.2. The molecule has 3 aliphatic heterocycles. The van der Waals surface area contributed by atoms with Crippen molar-refractivity contribution in [2.75, 3.05) is 7.11 Å². The third kappa shape index (κ3) is 5.63. The summed E-state index contributed by atoms with van der Waals surface area (Å²) in [5.41, 5.74) is 2.72. The summed E-state index contributed by atoms with van der Waals surface area (Å²) < 4.78 is 11.8. The molecular weight excluding hydrogens is 516 g/mol. The Balaban J connectivity index is 1.58. The molecule has 2 bridgehead atoms. The van der Waals surface area contributed by atoms with Crippen LogP contribution in [0, 0.1) is 17.3 Å². The number of aliphatic carboxylic acids is 1. The predicted octanol–water partition coefficient (Wildman–Crippen LogP) is 5.72. The summed E-state index contributed by atoms with van der Waals surface area (Å²) in [4.78, 5) is 29.3. The molecule has 0 unspecified atom stereocenters. The molecule has 3 saturated heterocycles. The summed E-state index contributed by atoms with van der Waals surface area (Å²) in [7, 11) is 1.67. The van der Waals surface area contributed by atoms with Crippen LogP contribution in [0.1, 0.15) is 83.5 Å². The van der Waals surface area contributed by atoms with E-state index in [0.717, 1.165) is 29.7 Å². The van der Waals surface area contributed by atoms with Crippen LogP contribution in [0.25, 0.3) is 0 Å². The lowest BCUT2D eigenvalue weighted by Crippen LogP contribution is -2.50. The molecule has 7 nitrogen and oxygen atoms in total. The normalized spacial score (nSPS) is 29.6. The average Bonchev–Trinajstić information content (AvgIpc) is 3.64. The van der Waals surface area contributed by atoms with E-state index in [1.807, 2.05) is 36.4 Å².